The zero-order valence-electron chi connectivity index (χ0n) is 27.0. The lowest BCUT2D eigenvalue weighted by molar-refractivity contribution is -0.123. The smallest absolute Gasteiger partial charge is 0.220 e. The number of allylic oxidation sites excluding steroid dienone is 8. The summed E-state index contributed by atoms with van der Waals surface area (Å²) < 4.78 is 0. The van der Waals surface area contributed by atoms with Crippen LogP contribution in [0.4, 0.5) is 0 Å². The first-order valence-corrected chi connectivity index (χ1v) is 17.3. The summed E-state index contributed by atoms with van der Waals surface area (Å²) in [5, 5.41) is 22.9. The Morgan fingerprint density at radius 3 is 1.61 bits per heavy atom. The lowest BCUT2D eigenvalue weighted by atomic mass is 10.0. The molecule has 0 heterocycles. The number of carbonyl (C=O) groups excluding carboxylic acids is 1. The molecule has 0 spiro atoms. The fourth-order valence-electron chi connectivity index (χ4n) is 4.94. The molecule has 0 aliphatic carbocycles. The predicted molar refractivity (Wildman–Crippen MR) is 179 cm³/mol. The van der Waals surface area contributed by atoms with Gasteiger partial charge >= 0.3 is 0 Å². The van der Waals surface area contributed by atoms with Crippen LogP contribution in [0.5, 0.6) is 0 Å². The first-order valence-electron chi connectivity index (χ1n) is 17.3. The lowest BCUT2D eigenvalue weighted by Gasteiger charge is -2.22. The van der Waals surface area contributed by atoms with Gasteiger partial charge in [-0.2, -0.15) is 0 Å². The molecule has 238 valence electrons. The molecule has 0 radical (unpaired) electrons. The number of rotatable bonds is 30. The maximum absolute atomic E-state index is 12.3. The van der Waals surface area contributed by atoms with Gasteiger partial charge in [-0.25, -0.2) is 0 Å². The van der Waals surface area contributed by atoms with E-state index in [0.29, 0.717) is 12.8 Å². The Morgan fingerprint density at radius 2 is 1.07 bits per heavy atom. The van der Waals surface area contributed by atoms with Gasteiger partial charge in [-0.15, -0.1) is 0 Å². The molecule has 0 aliphatic heterocycles. The van der Waals surface area contributed by atoms with Crippen LogP contribution in [0, 0.1) is 0 Å². The summed E-state index contributed by atoms with van der Waals surface area (Å²) in [4.78, 5) is 12.3. The minimum atomic E-state index is -0.664. The van der Waals surface area contributed by atoms with E-state index in [-0.39, 0.29) is 12.5 Å². The van der Waals surface area contributed by atoms with Crippen LogP contribution in [-0.2, 0) is 4.79 Å². The Balaban J connectivity index is 3.63. The summed E-state index contributed by atoms with van der Waals surface area (Å²) in [5.74, 6) is -0.0505. The lowest BCUT2D eigenvalue weighted by Crippen LogP contribution is -2.45. The monoisotopic (exact) mass is 574 g/mol. The molecule has 4 nitrogen and oxygen atoms in total. The van der Waals surface area contributed by atoms with Crippen LogP contribution in [0.1, 0.15) is 162 Å². The molecule has 0 bridgehead atoms. The van der Waals surface area contributed by atoms with Crippen LogP contribution in [0.25, 0.3) is 0 Å². The second-order valence-electron chi connectivity index (χ2n) is 11.6. The van der Waals surface area contributed by atoms with Gasteiger partial charge in [0.1, 0.15) is 0 Å². The Hall–Kier alpha value is -1.65. The van der Waals surface area contributed by atoms with Crippen LogP contribution in [0.15, 0.2) is 48.6 Å². The second-order valence-corrected chi connectivity index (χ2v) is 11.6. The van der Waals surface area contributed by atoms with E-state index in [1.165, 1.54) is 70.6 Å². The quantitative estimate of drug-likeness (QED) is 0.0591. The molecule has 0 aromatic rings. The van der Waals surface area contributed by atoms with Crippen molar-refractivity contribution < 1.29 is 15.0 Å². The molecule has 41 heavy (non-hydrogen) atoms. The van der Waals surface area contributed by atoms with Crippen LogP contribution >= 0.6 is 0 Å². The van der Waals surface area contributed by atoms with Crippen molar-refractivity contribution >= 4 is 5.91 Å². The summed E-state index contributed by atoms with van der Waals surface area (Å²) in [5.41, 5.74) is 0. The van der Waals surface area contributed by atoms with Gasteiger partial charge in [0.2, 0.25) is 5.91 Å². The van der Waals surface area contributed by atoms with Gasteiger partial charge in [-0.05, 0) is 51.4 Å². The molecule has 0 fully saturated rings. The zero-order chi connectivity index (χ0) is 30.1. The van der Waals surface area contributed by atoms with Crippen LogP contribution in [-0.4, -0.2) is 34.9 Å². The highest BCUT2D eigenvalue weighted by molar-refractivity contribution is 5.76. The predicted octanol–water partition coefficient (Wildman–Crippen LogP) is 10.1. The van der Waals surface area contributed by atoms with E-state index in [9.17, 15) is 15.0 Å². The SMILES string of the molecule is CC/C=C\C/C=C\C/C=C\C/C=C\CCCCCCCCC(=O)NC(CO)C(O)CCCCCCCCCCCC. The van der Waals surface area contributed by atoms with Crippen molar-refractivity contribution in [2.75, 3.05) is 6.61 Å². The Labute approximate surface area is 254 Å². The molecule has 0 aromatic carbocycles. The molecule has 1 amide bonds. The first-order chi connectivity index (χ1) is 20.2. The third kappa shape index (κ3) is 29.6. The fraction of sp³-hybridized carbons (Fsp3) is 0.757. The minimum Gasteiger partial charge on any atom is -0.394 e. The number of aliphatic hydroxyl groups is 2. The largest absolute Gasteiger partial charge is 0.394 e. The Morgan fingerprint density at radius 1 is 0.610 bits per heavy atom. The zero-order valence-corrected chi connectivity index (χ0v) is 27.0. The highest BCUT2D eigenvalue weighted by Gasteiger charge is 2.19. The standard InChI is InChI=1S/C37H67NO3/c1-3-5-7-9-11-13-15-16-17-18-19-20-21-22-23-25-27-29-31-33-37(41)38-35(34-39)36(40)32-30-28-26-24-14-12-10-8-6-4-2/h5,7,11,13,16-17,19-20,35-36,39-40H,3-4,6,8-10,12,14-15,18,21-34H2,1-2H3,(H,38,41)/b7-5-,13-11-,17-16-,20-19-. The number of hydrogen-bond acceptors (Lipinski definition) is 3. The van der Waals surface area contributed by atoms with Gasteiger partial charge in [0, 0.05) is 6.42 Å². The van der Waals surface area contributed by atoms with Crippen molar-refractivity contribution in [1.29, 1.82) is 0 Å². The van der Waals surface area contributed by atoms with Crippen molar-refractivity contribution in [3.8, 4) is 0 Å². The van der Waals surface area contributed by atoms with E-state index in [1.807, 2.05) is 0 Å². The van der Waals surface area contributed by atoms with E-state index in [1.54, 1.807) is 0 Å². The summed E-state index contributed by atoms with van der Waals surface area (Å²) in [6.45, 7) is 4.20. The number of nitrogens with one attached hydrogen (secondary N) is 1. The normalized spacial score (nSPS) is 13.8. The highest BCUT2D eigenvalue weighted by atomic mass is 16.3. The third-order valence-corrected chi connectivity index (χ3v) is 7.60. The maximum Gasteiger partial charge on any atom is 0.220 e. The van der Waals surface area contributed by atoms with Gasteiger partial charge in [0.15, 0.2) is 0 Å². The van der Waals surface area contributed by atoms with Crippen molar-refractivity contribution in [3.05, 3.63) is 48.6 Å². The van der Waals surface area contributed by atoms with E-state index in [4.69, 9.17) is 0 Å². The maximum atomic E-state index is 12.3. The number of amides is 1. The average Bonchev–Trinajstić information content (AvgIpc) is 2.97. The molecule has 0 aromatic heterocycles. The molecule has 0 rings (SSSR count). The van der Waals surface area contributed by atoms with Crippen LogP contribution in [0.3, 0.4) is 0 Å². The summed E-state index contributed by atoms with van der Waals surface area (Å²) >= 11 is 0. The van der Waals surface area contributed by atoms with E-state index in [2.05, 4.69) is 67.8 Å². The van der Waals surface area contributed by atoms with Gasteiger partial charge in [-0.3, -0.25) is 4.79 Å². The van der Waals surface area contributed by atoms with Gasteiger partial charge in [0.05, 0.1) is 18.8 Å². The molecular weight excluding hydrogens is 506 g/mol. The van der Waals surface area contributed by atoms with Crippen molar-refractivity contribution in [1.82, 2.24) is 5.32 Å². The van der Waals surface area contributed by atoms with E-state index in [0.717, 1.165) is 64.2 Å². The number of aliphatic hydroxyl groups excluding tert-OH is 2. The molecule has 4 heteroatoms. The van der Waals surface area contributed by atoms with Crippen molar-refractivity contribution in [2.45, 2.75) is 174 Å². The van der Waals surface area contributed by atoms with Crippen molar-refractivity contribution in [3.63, 3.8) is 0 Å². The fourth-order valence-corrected chi connectivity index (χ4v) is 4.94. The second kappa shape index (κ2) is 32.9. The summed E-state index contributed by atoms with van der Waals surface area (Å²) in [6.07, 6.45) is 43.0. The molecule has 0 saturated carbocycles. The summed E-state index contributed by atoms with van der Waals surface area (Å²) in [6, 6.07) is -0.542. The van der Waals surface area contributed by atoms with Gasteiger partial charge in [-0.1, -0.05) is 152 Å². The van der Waals surface area contributed by atoms with Crippen LogP contribution < -0.4 is 5.32 Å². The number of hydrogen-bond donors (Lipinski definition) is 3. The summed E-state index contributed by atoms with van der Waals surface area (Å²) in [7, 11) is 0. The number of carbonyl (C=O) groups is 1. The van der Waals surface area contributed by atoms with Gasteiger partial charge in [0.25, 0.3) is 0 Å². The minimum absolute atomic E-state index is 0.0505. The molecule has 0 saturated heterocycles. The van der Waals surface area contributed by atoms with Crippen LogP contribution in [0.2, 0.25) is 0 Å². The van der Waals surface area contributed by atoms with Crippen molar-refractivity contribution in [2.24, 2.45) is 0 Å². The Bertz CT molecular complexity index is 667. The average molecular weight is 574 g/mol. The van der Waals surface area contributed by atoms with E-state index < -0.39 is 12.1 Å². The molecular formula is C37H67NO3. The molecule has 3 N–H and O–H groups in total. The van der Waals surface area contributed by atoms with Gasteiger partial charge < -0.3 is 15.5 Å². The first kappa shape index (κ1) is 39.4. The molecule has 0 aliphatic rings. The Kier molecular flexibility index (Phi) is 31.5. The van der Waals surface area contributed by atoms with E-state index >= 15 is 0 Å². The molecule has 2 unspecified atom stereocenters. The highest BCUT2D eigenvalue weighted by Crippen LogP contribution is 2.14. The topological polar surface area (TPSA) is 69.6 Å². The molecule has 2 atom stereocenters. The third-order valence-electron chi connectivity index (χ3n) is 7.60. The number of unbranched alkanes of at least 4 members (excludes halogenated alkanes) is 15.